The van der Waals surface area contributed by atoms with Gasteiger partial charge in [0.25, 0.3) is 0 Å². The molecule has 0 bridgehead atoms. The average Bonchev–Trinajstić information content (AvgIpc) is 2.72. The van der Waals surface area contributed by atoms with Crippen LogP contribution in [0, 0.1) is 5.41 Å². The lowest BCUT2D eigenvalue weighted by molar-refractivity contribution is 0.260. The monoisotopic (exact) mass is 414 g/mol. The minimum absolute atomic E-state index is 0.293. The first-order valence-corrected chi connectivity index (χ1v) is 11.7. The number of aliphatic imine (C=N–C) groups is 1. The number of hydrogen-bond donors (Lipinski definition) is 0. The second kappa shape index (κ2) is 9.26. The van der Waals surface area contributed by atoms with Crippen LogP contribution in [0.25, 0.3) is 10.8 Å². The van der Waals surface area contributed by atoms with E-state index in [0.717, 1.165) is 46.1 Å². The first-order valence-electron chi connectivity index (χ1n) is 9.37. The molecule has 0 N–H and O–H groups in total. The van der Waals surface area contributed by atoms with Crippen molar-refractivity contribution >= 4 is 61.7 Å². The summed E-state index contributed by atoms with van der Waals surface area (Å²) in [5, 5.41) is 3.41. The molecule has 2 aromatic carbocycles. The Morgan fingerprint density at radius 2 is 2.00 bits per heavy atom. The lowest BCUT2D eigenvalue weighted by Crippen LogP contribution is -2.47. The third-order valence-electron chi connectivity index (χ3n) is 5.26. The van der Waals surface area contributed by atoms with Crippen LogP contribution in [0.3, 0.4) is 0 Å². The van der Waals surface area contributed by atoms with Gasteiger partial charge in [0.2, 0.25) is 0 Å². The summed E-state index contributed by atoms with van der Waals surface area (Å²) in [6.07, 6.45) is 4.22. The van der Waals surface area contributed by atoms with E-state index in [1.165, 1.54) is 10.8 Å². The Morgan fingerprint density at radius 1 is 1.26 bits per heavy atom. The van der Waals surface area contributed by atoms with Gasteiger partial charge in [-0.3, -0.25) is 0 Å². The molecular formula is C22H26N2S3. The molecule has 0 amide bonds. The first kappa shape index (κ1) is 20.4. The third-order valence-corrected chi connectivity index (χ3v) is 8.03. The Morgan fingerprint density at radius 3 is 2.74 bits per heavy atom. The Balaban J connectivity index is 1.99. The maximum Gasteiger partial charge on any atom is 0.169 e. The molecular weight excluding hydrogens is 388 g/mol. The van der Waals surface area contributed by atoms with Gasteiger partial charge in [-0.15, -0.1) is 6.58 Å². The summed E-state index contributed by atoms with van der Waals surface area (Å²) in [6, 6.07) is 14.7. The van der Waals surface area contributed by atoms with E-state index in [-0.39, 0.29) is 0 Å². The van der Waals surface area contributed by atoms with Crippen molar-refractivity contribution in [1.29, 1.82) is 0 Å². The molecule has 1 heterocycles. The summed E-state index contributed by atoms with van der Waals surface area (Å²) in [5.41, 5.74) is 1.30. The van der Waals surface area contributed by atoms with Crippen LogP contribution in [0.5, 0.6) is 0 Å². The number of thiocarbonyl (C=S) groups is 1. The number of benzene rings is 2. The Bertz CT molecular complexity index is 850. The lowest BCUT2D eigenvalue weighted by Gasteiger charge is -2.42. The summed E-state index contributed by atoms with van der Waals surface area (Å²) < 4.78 is 0.896. The largest absolute Gasteiger partial charge is 0.306 e. The second-order valence-corrected chi connectivity index (χ2v) is 9.44. The van der Waals surface area contributed by atoms with Crippen molar-refractivity contribution in [2.75, 3.05) is 18.1 Å². The maximum absolute atomic E-state index is 5.77. The summed E-state index contributed by atoms with van der Waals surface area (Å²) in [5.74, 6) is 1.92. The molecule has 2 nitrogen and oxygen atoms in total. The van der Waals surface area contributed by atoms with Crippen LogP contribution in [0.1, 0.15) is 26.7 Å². The summed E-state index contributed by atoms with van der Waals surface area (Å²) in [6.45, 7) is 9.34. The van der Waals surface area contributed by atoms with Crippen LogP contribution in [0.4, 0.5) is 5.69 Å². The number of rotatable bonds is 5. The molecule has 3 rings (SSSR count). The molecule has 5 heteroatoms. The molecule has 2 aromatic rings. The van der Waals surface area contributed by atoms with Crippen LogP contribution < -0.4 is 0 Å². The van der Waals surface area contributed by atoms with E-state index in [1.54, 1.807) is 11.8 Å². The van der Waals surface area contributed by atoms with E-state index < -0.39 is 0 Å². The summed E-state index contributed by atoms with van der Waals surface area (Å²) >= 11 is 9.28. The van der Waals surface area contributed by atoms with Gasteiger partial charge in [-0.05, 0) is 29.7 Å². The van der Waals surface area contributed by atoms with Crippen molar-refractivity contribution < 1.29 is 0 Å². The van der Waals surface area contributed by atoms with E-state index in [1.807, 2.05) is 17.8 Å². The minimum Gasteiger partial charge on any atom is -0.306 e. The molecule has 1 aliphatic heterocycles. The molecule has 0 unspecified atom stereocenters. The van der Waals surface area contributed by atoms with E-state index in [0.29, 0.717) is 5.41 Å². The summed E-state index contributed by atoms with van der Waals surface area (Å²) in [4.78, 5) is 7.33. The number of hydrogen-bond acceptors (Lipinski definition) is 4. The zero-order valence-electron chi connectivity index (χ0n) is 16.0. The van der Waals surface area contributed by atoms with Crippen molar-refractivity contribution in [2.24, 2.45) is 10.4 Å². The molecule has 0 radical (unpaired) electrons. The van der Waals surface area contributed by atoms with Crippen molar-refractivity contribution in [3.8, 4) is 0 Å². The zero-order chi connectivity index (χ0) is 19.3. The van der Waals surface area contributed by atoms with Crippen LogP contribution >= 0.6 is 35.7 Å². The molecule has 1 saturated heterocycles. The quantitative estimate of drug-likeness (QED) is 0.391. The smallest absolute Gasteiger partial charge is 0.169 e. The highest BCUT2D eigenvalue weighted by Crippen LogP contribution is 2.40. The lowest BCUT2D eigenvalue weighted by atomic mass is 9.84. The van der Waals surface area contributed by atoms with Crippen LogP contribution in [-0.2, 0) is 0 Å². The number of fused-ring (bicyclic) bond motifs is 1. The van der Waals surface area contributed by atoms with Gasteiger partial charge in [0, 0.05) is 23.4 Å². The normalized spacial score (nSPS) is 18.0. The van der Waals surface area contributed by atoms with Gasteiger partial charge >= 0.3 is 0 Å². The molecule has 1 fully saturated rings. The van der Waals surface area contributed by atoms with Gasteiger partial charge in [-0.2, -0.15) is 0 Å². The zero-order valence-corrected chi connectivity index (χ0v) is 18.4. The topological polar surface area (TPSA) is 15.6 Å². The molecule has 27 heavy (non-hydrogen) atoms. The minimum atomic E-state index is 0.293. The van der Waals surface area contributed by atoms with E-state index in [9.17, 15) is 0 Å². The van der Waals surface area contributed by atoms with Gasteiger partial charge in [0.1, 0.15) is 4.32 Å². The SMILES string of the molecule is C=CCSC(=S)N1CC(CC)(CC)CSC1=Nc1cccc2ccccc12. The molecule has 0 aromatic heterocycles. The average molecular weight is 415 g/mol. The van der Waals surface area contributed by atoms with E-state index >= 15 is 0 Å². The summed E-state index contributed by atoms with van der Waals surface area (Å²) in [7, 11) is 0. The fourth-order valence-corrected chi connectivity index (χ4v) is 5.72. The van der Waals surface area contributed by atoms with E-state index in [2.05, 4.69) is 67.8 Å². The highest BCUT2D eigenvalue weighted by molar-refractivity contribution is 8.23. The Hall–Kier alpha value is -1.30. The number of nitrogens with zero attached hydrogens (tertiary/aromatic N) is 2. The molecule has 0 atom stereocenters. The third kappa shape index (κ3) is 4.58. The van der Waals surface area contributed by atoms with E-state index in [4.69, 9.17) is 17.2 Å². The van der Waals surface area contributed by atoms with Crippen LogP contribution in [-0.4, -0.2) is 32.4 Å². The van der Waals surface area contributed by atoms with Crippen LogP contribution in [0.15, 0.2) is 60.1 Å². The van der Waals surface area contributed by atoms with Crippen LogP contribution in [0.2, 0.25) is 0 Å². The number of amidine groups is 1. The molecule has 1 aliphatic rings. The molecule has 142 valence electrons. The molecule has 0 aliphatic carbocycles. The van der Waals surface area contributed by atoms with Gasteiger partial charge in [0.05, 0.1) is 5.69 Å². The molecule has 0 spiro atoms. The fraction of sp³-hybridized carbons (Fsp3) is 0.364. The Labute approximate surface area is 176 Å². The maximum atomic E-state index is 5.77. The van der Waals surface area contributed by atoms with Gasteiger partial charge in [0.15, 0.2) is 5.17 Å². The predicted octanol–water partition coefficient (Wildman–Crippen LogP) is 6.89. The van der Waals surface area contributed by atoms with Gasteiger partial charge < -0.3 is 4.90 Å². The highest BCUT2D eigenvalue weighted by atomic mass is 32.2. The van der Waals surface area contributed by atoms with Crippen molar-refractivity contribution in [2.45, 2.75) is 26.7 Å². The molecule has 0 saturated carbocycles. The van der Waals surface area contributed by atoms with Crippen molar-refractivity contribution in [1.82, 2.24) is 4.90 Å². The standard InChI is InChI=1S/C22H26N2S3/c1-4-14-26-21(25)24-15-22(5-2,6-3)16-27-20(24)23-19-13-9-11-17-10-7-8-12-18(17)19/h4,7-13H,1,5-6,14-16H2,2-3H3. The van der Waals surface area contributed by atoms with Crippen molar-refractivity contribution in [3.63, 3.8) is 0 Å². The number of thioether (sulfide) groups is 2. The first-order chi connectivity index (χ1) is 13.1. The van der Waals surface area contributed by atoms with Gasteiger partial charge in [-0.1, -0.05) is 92.1 Å². The van der Waals surface area contributed by atoms with Crippen molar-refractivity contribution in [3.05, 3.63) is 55.1 Å². The second-order valence-electron chi connectivity index (χ2n) is 6.84. The fourth-order valence-electron chi connectivity index (χ4n) is 3.27. The Kier molecular flexibility index (Phi) is 7.01. The van der Waals surface area contributed by atoms with Gasteiger partial charge in [-0.25, -0.2) is 4.99 Å². The predicted molar refractivity (Wildman–Crippen MR) is 128 cm³/mol. The highest BCUT2D eigenvalue weighted by Gasteiger charge is 2.37.